The first kappa shape index (κ1) is 14.2. The van der Waals surface area contributed by atoms with Gasteiger partial charge < -0.3 is 11.1 Å². The van der Waals surface area contributed by atoms with E-state index in [9.17, 15) is 0 Å². The van der Waals surface area contributed by atoms with Gasteiger partial charge in [0.15, 0.2) is 0 Å². The van der Waals surface area contributed by atoms with E-state index in [4.69, 9.17) is 5.73 Å². The molecule has 20 heavy (non-hydrogen) atoms. The minimum absolute atomic E-state index is 0.0187. The zero-order valence-corrected chi connectivity index (χ0v) is 12.2. The Hall–Kier alpha value is -2.18. The van der Waals surface area contributed by atoms with Gasteiger partial charge in [-0.2, -0.15) is 20.1 Å². The van der Waals surface area contributed by atoms with Crippen LogP contribution < -0.4 is 11.1 Å². The average Bonchev–Trinajstić information content (AvgIpc) is 2.98. The van der Waals surface area contributed by atoms with E-state index < -0.39 is 0 Å². The van der Waals surface area contributed by atoms with Gasteiger partial charge in [-0.1, -0.05) is 20.8 Å². The van der Waals surface area contributed by atoms with Gasteiger partial charge in [0, 0.05) is 17.9 Å². The SMILES string of the molecule is CCC(CC)(CC)Nc1nc(N)nc(-n2cccn2)n1. The lowest BCUT2D eigenvalue weighted by molar-refractivity contribution is 0.417. The lowest BCUT2D eigenvalue weighted by Gasteiger charge is -2.31. The van der Waals surface area contributed by atoms with Crippen LogP contribution in [0.1, 0.15) is 40.0 Å². The van der Waals surface area contributed by atoms with Gasteiger partial charge in [-0.25, -0.2) is 4.68 Å². The summed E-state index contributed by atoms with van der Waals surface area (Å²) in [5.74, 6) is 1.10. The Bertz CT molecular complexity index is 538. The Morgan fingerprint density at radius 2 is 1.85 bits per heavy atom. The number of anilines is 2. The molecule has 0 saturated carbocycles. The van der Waals surface area contributed by atoms with E-state index in [1.54, 1.807) is 17.1 Å². The highest BCUT2D eigenvalue weighted by molar-refractivity contribution is 5.37. The third-order valence-electron chi connectivity index (χ3n) is 3.76. The van der Waals surface area contributed by atoms with Gasteiger partial charge in [-0.15, -0.1) is 0 Å². The summed E-state index contributed by atoms with van der Waals surface area (Å²) in [6.45, 7) is 6.46. The largest absolute Gasteiger partial charge is 0.368 e. The maximum atomic E-state index is 5.77. The molecule has 3 N–H and O–H groups in total. The summed E-state index contributed by atoms with van der Waals surface area (Å²) in [7, 11) is 0. The van der Waals surface area contributed by atoms with E-state index in [-0.39, 0.29) is 11.5 Å². The van der Waals surface area contributed by atoms with Crippen molar-refractivity contribution < 1.29 is 0 Å². The molecule has 0 radical (unpaired) electrons. The molecule has 108 valence electrons. The molecule has 0 aromatic carbocycles. The van der Waals surface area contributed by atoms with Gasteiger partial charge in [-0.3, -0.25) is 0 Å². The Morgan fingerprint density at radius 1 is 1.15 bits per heavy atom. The lowest BCUT2D eigenvalue weighted by Crippen LogP contribution is -2.37. The molecule has 0 atom stereocenters. The van der Waals surface area contributed by atoms with Crippen molar-refractivity contribution in [2.75, 3.05) is 11.1 Å². The highest BCUT2D eigenvalue weighted by atomic mass is 15.4. The van der Waals surface area contributed by atoms with E-state index in [2.05, 4.69) is 46.1 Å². The van der Waals surface area contributed by atoms with Crippen molar-refractivity contribution in [3.8, 4) is 5.95 Å². The van der Waals surface area contributed by atoms with Gasteiger partial charge in [0.1, 0.15) is 0 Å². The minimum atomic E-state index is -0.0187. The van der Waals surface area contributed by atoms with Gasteiger partial charge >= 0.3 is 0 Å². The molecule has 0 bridgehead atoms. The molecule has 0 aliphatic rings. The monoisotopic (exact) mass is 275 g/mol. The number of hydrogen-bond acceptors (Lipinski definition) is 6. The predicted octanol–water partition coefficient (Wildman–Crippen LogP) is 2.02. The van der Waals surface area contributed by atoms with E-state index >= 15 is 0 Å². The number of nitrogens with zero attached hydrogens (tertiary/aromatic N) is 5. The number of aromatic nitrogens is 5. The molecule has 0 amide bonds. The predicted molar refractivity (Wildman–Crippen MR) is 78.6 cm³/mol. The normalized spacial score (nSPS) is 11.6. The maximum absolute atomic E-state index is 5.77. The average molecular weight is 275 g/mol. The van der Waals surface area contributed by atoms with Gasteiger partial charge in [0.05, 0.1) is 0 Å². The van der Waals surface area contributed by atoms with Crippen LogP contribution in [0.3, 0.4) is 0 Å². The molecule has 7 heteroatoms. The second-order valence-corrected chi connectivity index (χ2v) is 4.73. The number of rotatable bonds is 6. The summed E-state index contributed by atoms with van der Waals surface area (Å²) in [6, 6.07) is 1.81. The maximum Gasteiger partial charge on any atom is 0.257 e. The van der Waals surface area contributed by atoms with Crippen LogP contribution in [-0.2, 0) is 0 Å². The summed E-state index contributed by atoms with van der Waals surface area (Å²) < 4.78 is 1.56. The molecular weight excluding hydrogens is 254 g/mol. The van der Waals surface area contributed by atoms with Crippen LogP contribution in [0.15, 0.2) is 18.5 Å². The lowest BCUT2D eigenvalue weighted by atomic mass is 9.90. The van der Waals surface area contributed by atoms with Crippen molar-refractivity contribution in [3.63, 3.8) is 0 Å². The summed E-state index contributed by atoms with van der Waals surface area (Å²) >= 11 is 0. The Balaban J connectivity index is 2.33. The fraction of sp³-hybridized carbons (Fsp3) is 0.538. The van der Waals surface area contributed by atoms with Crippen LogP contribution in [0.4, 0.5) is 11.9 Å². The van der Waals surface area contributed by atoms with Crippen LogP contribution in [-0.4, -0.2) is 30.3 Å². The van der Waals surface area contributed by atoms with Crippen molar-refractivity contribution in [1.82, 2.24) is 24.7 Å². The molecule has 7 nitrogen and oxygen atoms in total. The second kappa shape index (κ2) is 5.85. The van der Waals surface area contributed by atoms with E-state index in [1.165, 1.54) is 0 Å². The first-order valence-corrected chi connectivity index (χ1v) is 6.92. The Morgan fingerprint density at radius 3 is 2.40 bits per heavy atom. The third kappa shape index (κ3) is 2.87. The highest BCUT2D eigenvalue weighted by Gasteiger charge is 2.25. The molecule has 2 heterocycles. The van der Waals surface area contributed by atoms with Crippen LogP contribution in [0.25, 0.3) is 5.95 Å². The molecule has 0 fully saturated rings. The fourth-order valence-electron chi connectivity index (χ4n) is 2.18. The molecule has 2 rings (SSSR count). The van der Waals surface area contributed by atoms with Crippen molar-refractivity contribution >= 4 is 11.9 Å². The van der Waals surface area contributed by atoms with Crippen molar-refractivity contribution in [1.29, 1.82) is 0 Å². The van der Waals surface area contributed by atoms with Crippen molar-refractivity contribution in [2.45, 2.75) is 45.6 Å². The second-order valence-electron chi connectivity index (χ2n) is 4.73. The first-order valence-electron chi connectivity index (χ1n) is 6.92. The molecule has 0 aliphatic carbocycles. The zero-order valence-electron chi connectivity index (χ0n) is 12.2. The fourth-order valence-corrected chi connectivity index (χ4v) is 2.18. The molecule has 0 saturated heterocycles. The number of nitrogens with two attached hydrogens (primary N) is 1. The third-order valence-corrected chi connectivity index (χ3v) is 3.76. The van der Waals surface area contributed by atoms with Crippen molar-refractivity contribution in [2.24, 2.45) is 0 Å². The van der Waals surface area contributed by atoms with Gasteiger partial charge in [0.2, 0.25) is 11.9 Å². The molecule has 0 aliphatic heterocycles. The van der Waals surface area contributed by atoms with Gasteiger partial charge in [-0.05, 0) is 25.3 Å². The summed E-state index contributed by atoms with van der Waals surface area (Å²) in [5.41, 5.74) is 5.75. The van der Waals surface area contributed by atoms with Crippen LogP contribution >= 0.6 is 0 Å². The number of hydrogen-bond donors (Lipinski definition) is 2. The van der Waals surface area contributed by atoms with Crippen LogP contribution in [0.5, 0.6) is 0 Å². The summed E-state index contributed by atoms with van der Waals surface area (Å²) in [5, 5.41) is 7.51. The van der Waals surface area contributed by atoms with Crippen LogP contribution in [0.2, 0.25) is 0 Å². The molecule has 0 unspecified atom stereocenters. The molecule has 2 aromatic rings. The van der Waals surface area contributed by atoms with E-state index in [1.807, 2.05) is 6.07 Å². The molecule has 0 spiro atoms. The number of nitrogens with one attached hydrogen (secondary N) is 1. The Labute approximate surface area is 118 Å². The van der Waals surface area contributed by atoms with Crippen LogP contribution in [0, 0.1) is 0 Å². The zero-order chi connectivity index (χ0) is 14.6. The molecular formula is C13H21N7. The highest BCUT2D eigenvalue weighted by Crippen LogP contribution is 2.24. The quantitative estimate of drug-likeness (QED) is 0.837. The van der Waals surface area contributed by atoms with E-state index in [0.29, 0.717) is 11.9 Å². The smallest absolute Gasteiger partial charge is 0.257 e. The summed E-state index contributed by atoms with van der Waals surface area (Å²) in [4.78, 5) is 12.7. The van der Waals surface area contributed by atoms with Gasteiger partial charge in [0.25, 0.3) is 5.95 Å². The van der Waals surface area contributed by atoms with Crippen molar-refractivity contribution in [3.05, 3.63) is 18.5 Å². The number of nitrogen functional groups attached to an aromatic ring is 1. The topological polar surface area (TPSA) is 94.5 Å². The standard InChI is InChI=1S/C13H21N7/c1-4-13(5-2,6-3)19-11-16-10(14)17-12(18-11)20-9-7-8-15-20/h7-9H,4-6H2,1-3H3,(H3,14,16,17,18,19). The Kier molecular flexibility index (Phi) is 4.16. The summed E-state index contributed by atoms with van der Waals surface area (Å²) in [6.07, 6.45) is 6.40. The first-order chi connectivity index (χ1) is 9.62. The molecule has 2 aromatic heterocycles. The minimum Gasteiger partial charge on any atom is -0.368 e. The van der Waals surface area contributed by atoms with E-state index in [0.717, 1.165) is 19.3 Å².